The minimum atomic E-state index is -0.939. The van der Waals surface area contributed by atoms with E-state index in [9.17, 15) is 4.79 Å². The van der Waals surface area contributed by atoms with Crippen LogP contribution in [0, 0.1) is 20.8 Å². The third-order valence-corrected chi connectivity index (χ3v) is 4.25. The highest BCUT2D eigenvalue weighted by atomic mass is 16.4. The van der Waals surface area contributed by atoms with Gasteiger partial charge in [-0.2, -0.15) is 0 Å². The van der Waals surface area contributed by atoms with E-state index in [0.717, 1.165) is 28.3 Å². The molecule has 0 amide bonds. The van der Waals surface area contributed by atoms with Crippen LogP contribution in [-0.4, -0.2) is 16.1 Å². The third-order valence-electron chi connectivity index (χ3n) is 4.25. The van der Waals surface area contributed by atoms with Gasteiger partial charge in [-0.25, -0.2) is 9.78 Å². The highest BCUT2D eigenvalue weighted by Gasteiger charge is 2.08. The zero-order valence-corrected chi connectivity index (χ0v) is 15.0. The van der Waals surface area contributed by atoms with Crippen LogP contribution in [0.15, 0.2) is 54.6 Å². The Balaban J connectivity index is 1.85. The highest BCUT2D eigenvalue weighted by Crippen LogP contribution is 2.26. The Kier molecular flexibility index (Phi) is 4.89. The highest BCUT2D eigenvalue weighted by molar-refractivity contribution is 5.88. The van der Waals surface area contributed by atoms with E-state index in [4.69, 9.17) is 5.11 Å². The van der Waals surface area contributed by atoms with Crippen molar-refractivity contribution in [2.75, 3.05) is 10.6 Å². The van der Waals surface area contributed by atoms with Crippen molar-refractivity contribution in [1.29, 1.82) is 0 Å². The Morgan fingerprint density at radius 3 is 2.08 bits per heavy atom. The lowest BCUT2D eigenvalue weighted by Gasteiger charge is -2.14. The number of benzene rings is 2. The van der Waals surface area contributed by atoms with E-state index in [2.05, 4.69) is 34.7 Å². The molecule has 0 unspecified atom stereocenters. The number of aromatic nitrogens is 1. The second kappa shape index (κ2) is 7.27. The van der Waals surface area contributed by atoms with Crippen LogP contribution in [0.4, 0.5) is 23.0 Å². The third kappa shape index (κ3) is 4.00. The molecule has 1 aromatic heterocycles. The molecule has 0 spiro atoms. The number of nitrogens with one attached hydrogen (secondary N) is 2. The number of carboxylic acids is 1. The van der Waals surface area contributed by atoms with E-state index < -0.39 is 5.97 Å². The van der Waals surface area contributed by atoms with E-state index in [1.54, 1.807) is 24.3 Å². The number of carbonyl (C=O) groups is 1. The smallest absolute Gasteiger partial charge is 0.335 e. The van der Waals surface area contributed by atoms with Gasteiger partial charge in [0, 0.05) is 11.4 Å². The Morgan fingerprint density at radius 1 is 0.885 bits per heavy atom. The molecule has 132 valence electrons. The lowest BCUT2D eigenvalue weighted by Crippen LogP contribution is -2.03. The molecule has 0 bridgehead atoms. The molecule has 0 atom stereocenters. The van der Waals surface area contributed by atoms with E-state index in [1.165, 1.54) is 5.56 Å². The van der Waals surface area contributed by atoms with Crippen molar-refractivity contribution in [1.82, 2.24) is 4.98 Å². The van der Waals surface area contributed by atoms with Crippen molar-refractivity contribution < 1.29 is 9.90 Å². The fourth-order valence-corrected chi connectivity index (χ4v) is 2.54. The summed E-state index contributed by atoms with van der Waals surface area (Å²) in [6, 6.07) is 16.7. The van der Waals surface area contributed by atoms with Gasteiger partial charge in [0.15, 0.2) is 0 Å². The number of hydrogen-bond donors (Lipinski definition) is 3. The maximum atomic E-state index is 11.0. The molecule has 5 heteroatoms. The summed E-state index contributed by atoms with van der Waals surface area (Å²) in [5.41, 5.74) is 5.42. The van der Waals surface area contributed by atoms with E-state index >= 15 is 0 Å². The van der Waals surface area contributed by atoms with Crippen LogP contribution in [0.3, 0.4) is 0 Å². The van der Waals surface area contributed by atoms with Crippen molar-refractivity contribution in [3.63, 3.8) is 0 Å². The molecule has 3 rings (SSSR count). The normalized spacial score (nSPS) is 10.4. The van der Waals surface area contributed by atoms with Crippen molar-refractivity contribution in [3.05, 3.63) is 76.9 Å². The number of carboxylic acid groups (broad SMARTS) is 1. The number of nitrogens with zero attached hydrogens (tertiary/aromatic N) is 1. The fourth-order valence-electron chi connectivity index (χ4n) is 2.54. The fraction of sp³-hybridized carbons (Fsp3) is 0.143. The molecule has 0 saturated carbocycles. The zero-order chi connectivity index (χ0) is 18.7. The second-order valence-corrected chi connectivity index (χ2v) is 6.30. The Hall–Kier alpha value is -3.34. The first-order valence-corrected chi connectivity index (χ1v) is 8.35. The molecule has 0 fully saturated rings. The summed E-state index contributed by atoms with van der Waals surface area (Å²) in [4.78, 5) is 15.6. The first kappa shape index (κ1) is 17.5. The summed E-state index contributed by atoms with van der Waals surface area (Å²) < 4.78 is 0. The minimum absolute atomic E-state index is 0.255. The molecule has 3 aromatic rings. The molecule has 0 radical (unpaired) electrons. The average Bonchev–Trinajstić information content (AvgIpc) is 2.61. The van der Waals surface area contributed by atoms with Crippen molar-refractivity contribution in [3.8, 4) is 0 Å². The molecule has 2 aromatic carbocycles. The monoisotopic (exact) mass is 347 g/mol. The first-order valence-electron chi connectivity index (χ1n) is 8.35. The second-order valence-electron chi connectivity index (χ2n) is 6.30. The lowest BCUT2D eigenvalue weighted by molar-refractivity contribution is 0.0697. The van der Waals surface area contributed by atoms with E-state index in [0.29, 0.717) is 5.82 Å². The van der Waals surface area contributed by atoms with Crippen molar-refractivity contribution in [2.24, 2.45) is 0 Å². The van der Waals surface area contributed by atoms with Gasteiger partial charge in [0.05, 0.1) is 5.56 Å². The van der Waals surface area contributed by atoms with Crippen molar-refractivity contribution in [2.45, 2.75) is 20.8 Å². The number of anilines is 4. The van der Waals surface area contributed by atoms with Crippen LogP contribution in [0.1, 0.15) is 27.0 Å². The van der Waals surface area contributed by atoms with Gasteiger partial charge in [-0.1, -0.05) is 17.7 Å². The van der Waals surface area contributed by atoms with Gasteiger partial charge < -0.3 is 15.7 Å². The largest absolute Gasteiger partial charge is 0.478 e. The van der Waals surface area contributed by atoms with Gasteiger partial charge in [0.1, 0.15) is 11.6 Å². The summed E-state index contributed by atoms with van der Waals surface area (Å²) >= 11 is 0. The van der Waals surface area contributed by atoms with Gasteiger partial charge in [0.2, 0.25) is 0 Å². The molecule has 26 heavy (non-hydrogen) atoms. The Bertz CT molecular complexity index is 933. The van der Waals surface area contributed by atoms with Crippen LogP contribution in [0.5, 0.6) is 0 Å². The first-order chi connectivity index (χ1) is 12.4. The van der Waals surface area contributed by atoms with Gasteiger partial charge in [-0.15, -0.1) is 0 Å². The van der Waals surface area contributed by atoms with Gasteiger partial charge in [0.25, 0.3) is 0 Å². The number of pyridine rings is 1. The van der Waals surface area contributed by atoms with Crippen LogP contribution in [0.25, 0.3) is 0 Å². The van der Waals surface area contributed by atoms with Gasteiger partial charge >= 0.3 is 5.97 Å². The lowest BCUT2D eigenvalue weighted by atomic mass is 10.1. The standard InChI is InChI=1S/C21H21N3O2/c1-13-4-8-18(9-5-13)23-20-15(3)14(2)12-19(24-20)22-17-10-6-16(7-11-17)21(25)26/h4-12H,1-3H3,(H,25,26)(H2,22,23,24). The number of aromatic carboxylic acids is 1. The van der Waals surface area contributed by atoms with Crippen LogP contribution < -0.4 is 10.6 Å². The summed E-state index contributed by atoms with van der Waals surface area (Å²) in [7, 11) is 0. The zero-order valence-electron chi connectivity index (χ0n) is 15.0. The maximum absolute atomic E-state index is 11.0. The van der Waals surface area contributed by atoms with E-state index in [-0.39, 0.29) is 5.56 Å². The molecule has 0 aliphatic heterocycles. The molecular weight excluding hydrogens is 326 g/mol. The minimum Gasteiger partial charge on any atom is -0.478 e. The molecule has 0 aliphatic carbocycles. The predicted molar refractivity (Wildman–Crippen MR) is 105 cm³/mol. The molecule has 3 N–H and O–H groups in total. The molecular formula is C21H21N3O2. The summed E-state index contributed by atoms with van der Waals surface area (Å²) in [6.07, 6.45) is 0. The number of hydrogen-bond acceptors (Lipinski definition) is 4. The van der Waals surface area contributed by atoms with E-state index in [1.807, 2.05) is 32.0 Å². The molecule has 0 aliphatic rings. The summed E-state index contributed by atoms with van der Waals surface area (Å²) in [5.74, 6) is 0.551. The van der Waals surface area contributed by atoms with Crippen LogP contribution in [-0.2, 0) is 0 Å². The van der Waals surface area contributed by atoms with Crippen LogP contribution >= 0.6 is 0 Å². The molecule has 1 heterocycles. The molecule has 5 nitrogen and oxygen atoms in total. The van der Waals surface area contributed by atoms with Crippen LogP contribution in [0.2, 0.25) is 0 Å². The summed E-state index contributed by atoms with van der Waals surface area (Å²) in [5, 5.41) is 15.6. The Labute approximate surface area is 152 Å². The summed E-state index contributed by atoms with van der Waals surface area (Å²) in [6.45, 7) is 6.12. The topological polar surface area (TPSA) is 74.2 Å². The van der Waals surface area contributed by atoms with Gasteiger partial charge in [-0.3, -0.25) is 0 Å². The molecule has 0 saturated heterocycles. The average molecular weight is 347 g/mol. The predicted octanol–water partition coefficient (Wildman–Crippen LogP) is 5.19. The quantitative estimate of drug-likeness (QED) is 0.592. The number of rotatable bonds is 5. The number of aryl methyl sites for hydroxylation is 2. The van der Waals surface area contributed by atoms with Gasteiger partial charge in [-0.05, 0) is 74.4 Å². The van der Waals surface area contributed by atoms with Crippen molar-refractivity contribution >= 4 is 29.0 Å². The maximum Gasteiger partial charge on any atom is 0.335 e. The SMILES string of the molecule is Cc1ccc(Nc2nc(Nc3ccc(C(=O)O)cc3)cc(C)c2C)cc1. The Morgan fingerprint density at radius 2 is 1.46 bits per heavy atom.